The molecule has 1 atom stereocenters. The highest BCUT2D eigenvalue weighted by Crippen LogP contribution is 2.21. The van der Waals surface area contributed by atoms with Gasteiger partial charge < -0.3 is 16.0 Å². The van der Waals surface area contributed by atoms with Gasteiger partial charge in [0.1, 0.15) is 6.04 Å². The van der Waals surface area contributed by atoms with Crippen molar-refractivity contribution >= 4 is 11.6 Å². The quantitative estimate of drug-likeness (QED) is 0.811. The van der Waals surface area contributed by atoms with Crippen molar-refractivity contribution in [2.24, 2.45) is 11.7 Å². The van der Waals surface area contributed by atoms with Gasteiger partial charge in [-0.3, -0.25) is 4.79 Å². The zero-order valence-corrected chi connectivity index (χ0v) is 13.9. The summed E-state index contributed by atoms with van der Waals surface area (Å²) in [6.45, 7) is 11.6. The molecule has 1 unspecified atom stereocenters. The number of benzene rings is 1. The van der Waals surface area contributed by atoms with E-state index in [-0.39, 0.29) is 18.0 Å². The van der Waals surface area contributed by atoms with Gasteiger partial charge in [0.05, 0.1) is 0 Å². The van der Waals surface area contributed by atoms with E-state index in [4.69, 9.17) is 5.73 Å². The molecule has 0 aliphatic carbocycles. The summed E-state index contributed by atoms with van der Waals surface area (Å²) in [4.78, 5) is 14.5. The Balaban J connectivity index is 2.86. The van der Waals surface area contributed by atoms with E-state index in [1.54, 1.807) is 0 Å². The van der Waals surface area contributed by atoms with E-state index >= 15 is 0 Å². The molecule has 0 fully saturated rings. The second-order valence-corrected chi connectivity index (χ2v) is 6.19. The summed E-state index contributed by atoms with van der Waals surface area (Å²) >= 11 is 0. The number of nitrogens with zero attached hydrogens (tertiary/aromatic N) is 1. The van der Waals surface area contributed by atoms with Gasteiger partial charge in [0.2, 0.25) is 5.91 Å². The highest BCUT2D eigenvalue weighted by molar-refractivity contribution is 5.85. The number of hydrogen-bond acceptors (Lipinski definition) is 3. The van der Waals surface area contributed by atoms with Gasteiger partial charge in [0.15, 0.2) is 0 Å². The molecule has 3 N–H and O–H groups in total. The number of nitrogens with one attached hydrogen (secondary N) is 1. The lowest BCUT2D eigenvalue weighted by Crippen LogP contribution is -2.49. The van der Waals surface area contributed by atoms with E-state index in [2.05, 4.69) is 37.9 Å². The first-order chi connectivity index (χ1) is 9.86. The molecule has 1 rings (SSSR count). The third-order valence-electron chi connectivity index (χ3n) is 3.51. The van der Waals surface area contributed by atoms with Crippen molar-refractivity contribution in [3.8, 4) is 0 Å². The molecule has 0 aromatic heterocycles. The number of hydrogen-bond donors (Lipinski definition) is 2. The van der Waals surface area contributed by atoms with Gasteiger partial charge in [-0.15, -0.1) is 0 Å². The first kappa shape index (κ1) is 17.5. The smallest absolute Gasteiger partial charge is 0.242 e. The van der Waals surface area contributed by atoms with Crippen LogP contribution in [0.5, 0.6) is 0 Å². The van der Waals surface area contributed by atoms with Gasteiger partial charge in [0, 0.05) is 24.8 Å². The van der Waals surface area contributed by atoms with Gasteiger partial charge in [-0.25, -0.2) is 0 Å². The van der Waals surface area contributed by atoms with Crippen LogP contribution in [0.25, 0.3) is 0 Å². The fourth-order valence-corrected chi connectivity index (χ4v) is 2.35. The second kappa shape index (κ2) is 8.03. The summed E-state index contributed by atoms with van der Waals surface area (Å²) in [5.41, 5.74) is 7.78. The number of amides is 1. The molecule has 1 aromatic carbocycles. The standard InChI is InChI=1S/C17H29N3O/c1-12(2)11-19-17(21)14(5)20(13(3)4)16-8-6-15(10-18)7-9-16/h6-9,12-14H,10-11,18H2,1-5H3,(H,19,21). The van der Waals surface area contributed by atoms with Crippen molar-refractivity contribution in [1.82, 2.24) is 5.32 Å². The number of carbonyl (C=O) groups is 1. The zero-order valence-electron chi connectivity index (χ0n) is 13.9. The molecule has 118 valence electrons. The number of carbonyl (C=O) groups excluding carboxylic acids is 1. The molecule has 0 heterocycles. The first-order valence-corrected chi connectivity index (χ1v) is 7.71. The predicted octanol–water partition coefficient (Wildman–Crippen LogP) is 2.52. The summed E-state index contributed by atoms with van der Waals surface area (Å²) in [5, 5.41) is 3.01. The fourth-order valence-electron chi connectivity index (χ4n) is 2.35. The van der Waals surface area contributed by atoms with Crippen LogP contribution in [0.3, 0.4) is 0 Å². The van der Waals surface area contributed by atoms with Crippen molar-refractivity contribution in [2.75, 3.05) is 11.4 Å². The van der Waals surface area contributed by atoms with Crippen molar-refractivity contribution < 1.29 is 4.79 Å². The molecular formula is C17H29N3O. The highest BCUT2D eigenvalue weighted by Gasteiger charge is 2.23. The van der Waals surface area contributed by atoms with Crippen LogP contribution >= 0.6 is 0 Å². The summed E-state index contributed by atoms with van der Waals surface area (Å²) in [6.07, 6.45) is 0. The maximum absolute atomic E-state index is 12.3. The number of anilines is 1. The van der Waals surface area contributed by atoms with Gasteiger partial charge in [-0.05, 0) is 44.4 Å². The fraction of sp³-hybridized carbons (Fsp3) is 0.588. The Morgan fingerprint density at radius 1 is 1.14 bits per heavy atom. The summed E-state index contributed by atoms with van der Waals surface area (Å²) in [6, 6.07) is 8.15. The molecule has 0 spiro atoms. The summed E-state index contributed by atoms with van der Waals surface area (Å²) in [7, 11) is 0. The average Bonchev–Trinajstić information content (AvgIpc) is 2.45. The Morgan fingerprint density at radius 3 is 2.14 bits per heavy atom. The van der Waals surface area contributed by atoms with Crippen molar-refractivity contribution in [3.63, 3.8) is 0 Å². The molecule has 0 aliphatic rings. The molecule has 0 saturated carbocycles. The van der Waals surface area contributed by atoms with Gasteiger partial charge >= 0.3 is 0 Å². The third kappa shape index (κ3) is 5.05. The van der Waals surface area contributed by atoms with E-state index in [0.717, 1.165) is 11.3 Å². The highest BCUT2D eigenvalue weighted by atomic mass is 16.2. The van der Waals surface area contributed by atoms with Crippen LogP contribution in [-0.4, -0.2) is 24.5 Å². The number of nitrogens with two attached hydrogens (primary N) is 1. The molecule has 0 radical (unpaired) electrons. The van der Waals surface area contributed by atoms with Gasteiger partial charge in [-0.1, -0.05) is 26.0 Å². The lowest BCUT2D eigenvalue weighted by Gasteiger charge is -2.34. The normalized spacial score (nSPS) is 12.6. The SMILES string of the molecule is CC(C)CNC(=O)C(C)N(c1ccc(CN)cc1)C(C)C. The minimum atomic E-state index is -0.201. The van der Waals surface area contributed by atoms with Crippen molar-refractivity contribution in [3.05, 3.63) is 29.8 Å². The van der Waals surface area contributed by atoms with Crippen LogP contribution in [0, 0.1) is 5.92 Å². The van der Waals surface area contributed by atoms with E-state index in [0.29, 0.717) is 19.0 Å². The van der Waals surface area contributed by atoms with E-state index in [1.807, 2.05) is 31.2 Å². The van der Waals surface area contributed by atoms with Crippen LogP contribution < -0.4 is 16.0 Å². The topological polar surface area (TPSA) is 58.4 Å². The maximum atomic E-state index is 12.3. The van der Waals surface area contributed by atoms with E-state index in [9.17, 15) is 4.79 Å². The monoisotopic (exact) mass is 291 g/mol. The Labute approximate surface area is 128 Å². The lowest BCUT2D eigenvalue weighted by molar-refractivity contribution is -0.122. The maximum Gasteiger partial charge on any atom is 0.242 e. The molecular weight excluding hydrogens is 262 g/mol. The number of rotatable bonds is 7. The van der Waals surface area contributed by atoms with Gasteiger partial charge in [0.25, 0.3) is 0 Å². The molecule has 0 bridgehead atoms. The van der Waals surface area contributed by atoms with Crippen LogP contribution in [0.1, 0.15) is 40.2 Å². The van der Waals surface area contributed by atoms with Crippen LogP contribution in [0.15, 0.2) is 24.3 Å². The molecule has 1 amide bonds. The predicted molar refractivity (Wildman–Crippen MR) is 89.3 cm³/mol. The van der Waals surface area contributed by atoms with Gasteiger partial charge in [-0.2, -0.15) is 0 Å². The van der Waals surface area contributed by atoms with Crippen molar-refractivity contribution in [2.45, 2.75) is 53.2 Å². The lowest BCUT2D eigenvalue weighted by atomic mass is 10.1. The van der Waals surface area contributed by atoms with Crippen LogP contribution in [0.4, 0.5) is 5.69 Å². The molecule has 21 heavy (non-hydrogen) atoms. The van der Waals surface area contributed by atoms with Crippen LogP contribution in [-0.2, 0) is 11.3 Å². The second-order valence-electron chi connectivity index (χ2n) is 6.19. The Kier molecular flexibility index (Phi) is 6.69. The largest absolute Gasteiger partial charge is 0.357 e. The Bertz CT molecular complexity index is 440. The molecule has 1 aromatic rings. The molecule has 0 saturated heterocycles. The minimum absolute atomic E-state index is 0.0697. The van der Waals surface area contributed by atoms with E-state index in [1.165, 1.54) is 0 Å². The Hall–Kier alpha value is -1.55. The van der Waals surface area contributed by atoms with Crippen molar-refractivity contribution in [1.29, 1.82) is 0 Å². The summed E-state index contributed by atoms with van der Waals surface area (Å²) in [5.74, 6) is 0.526. The Morgan fingerprint density at radius 2 is 1.71 bits per heavy atom. The molecule has 4 heteroatoms. The molecule has 0 aliphatic heterocycles. The minimum Gasteiger partial charge on any atom is -0.357 e. The first-order valence-electron chi connectivity index (χ1n) is 7.71. The van der Waals surface area contributed by atoms with E-state index < -0.39 is 0 Å². The zero-order chi connectivity index (χ0) is 16.0. The third-order valence-corrected chi connectivity index (χ3v) is 3.51. The average molecular weight is 291 g/mol. The summed E-state index contributed by atoms with van der Waals surface area (Å²) < 4.78 is 0. The molecule has 4 nitrogen and oxygen atoms in total. The van der Waals surface area contributed by atoms with Crippen LogP contribution in [0.2, 0.25) is 0 Å².